The fourth-order valence-electron chi connectivity index (χ4n) is 1.85. The Kier molecular flexibility index (Phi) is 3.22. The van der Waals surface area contributed by atoms with Gasteiger partial charge in [0.05, 0.1) is 28.6 Å². The second kappa shape index (κ2) is 4.50. The van der Waals surface area contributed by atoms with Crippen LogP contribution in [-0.2, 0) is 20.1 Å². The Morgan fingerprint density at radius 1 is 1.29 bits per heavy atom. The molecule has 0 fully saturated rings. The van der Waals surface area contributed by atoms with Crippen molar-refractivity contribution in [3.8, 4) is 0 Å². The van der Waals surface area contributed by atoms with Crippen LogP contribution in [0.1, 0.15) is 22.6 Å². The molecular formula is C11H16ClN5. The van der Waals surface area contributed by atoms with Crippen LogP contribution in [0, 0.1) is 13.8 Å². The standard InChI is InChI=1S/C11H16ClN5/c1-7-9(4-13)5-17(15-7)6-10-11(12)8(2)14-16(10)3/h5H,4,6,13H2,1-3H3. The summed E-state index contributed by atoms with van der Waals surface area (Å²) in [5.41, 5.74) is 9.43. The van der Waals surface area contributed by atoms with Crippen LogP contribution < -0.4 is 5.73 Å². The number of aromatic nitrogens is 4. The molecule has 0 saturated carbocycles. The van der Waals surface area contributed by atoms with Crippen LogP contribution in [0.25, 0.3) is 0 Å². The first-order valence-electron chi connectivity index (χ1n) is 5.44. The van der Waals surface area contributed by atoms with E-state index in [0.717, 1.165) is 22.6 Å². The van der Waals surface area contributed by atoms with E-state index in [4.69, 9.17) is 17.3 Å². The van der Waals surface area contributed by atoms with E-state index in [-0.39, 0.29) is 0 Å². The number of nitrogens with zero attached hydrogens (tertiary/aromatic N) is 4. The highest BCUT2D eigenvalue weighted by Crippen LogP contribution is 2.20. The summed E-state index contributed by atoms with van der Waals surface area (Å²) in [6, 6.07) is 0. The van der Waals surface area contributed by atoms with Crippen molar-refractivity contribution in [2.75, 3.05) is 0 Å². The largest absolute Gasteiger partial charge is 0.326 e. The number of hydrogen-bond donors (Lipinski definition) is 1. The molecule has 5 nitrogen and oxygen atoms in total. The summed E-state index contributed by atoms with van der Waals surface area (Å²) in [6.45, 7) is 4.96. The van der Waals surface area contributed by atoms with E-state index in [0.29, 0.717) is 18.1 Å². The molecule has 2 heterocycles. The summed E-state index contributed by atoms with van der Waals surface area (Å²) >= 11 is 6.20. The van der Waals surface area contributed by atoms with E-state index in [1.165, 1.54) is 0 Å². The topological polar surface area (TPSA) is 61.7 Å². The third kappa shape index (κ3) is 2.21. The second-order valence-electron chi connectivity index (χ2n) is 4.11. The van der Waals surface area contributed by atoms with Crippen molar-refractivity contribution >= 4 is 11.6 Å². The average Bonchev–Trinajstić information content (AvgIpc) is 2.74. The number of hydrogen-bond acceptors (Lipinski definition) is 3. The van der Waals surface area contributed by atoms with Gasteiger partial charge in [0.1, 0.15) is 0 Å². The molecule has 2 N–H and O–H groups in total. The molecule has 0 amide bonds. The summed E-state index contributed by atoms with van der Waals surface area (Å²) in [7, 11) is 1.88. The zero-order valence-electron chi connectivity index (χ0n) is 10.2. The van der Waals surface area contributed by atoms with Crippen LogP contribution in [0.4, 0.5) is 0 Å². The third-order valence-electron chi connectivity index (χ3n) is 2.84. The van der Waals surface area contributed by atoms with Crippen LogP contribution in [0.2, 0.25) is 5.02 Å². The lowest BCUT2D eigenvalue weighted by Gasteiger charge is -2.02. The molecule has 0 aliphatic carbocycles. The zero-order chi connectivity index (χ0) is 12.6. The minimum Gasteiger partial charge on any atom is -0.326 e. The van der Waals surface area contributed by atoms with Gasteiger partial charge in [0.15, 0.2) is 0 Å². The molecule has 0 aliphatic rings. The Labute approximate surface area is 105 Å². The molecule has 2 aromatic rings. The van der Waals surface area contributed by atoms with Gasteiger partial charge < -0.3 is 5.73 Å². The lowest BCUT2D eigenvalue weighted by Crippen LogP contribution is -2.06. The quantitative estimate of drug-likeness (QED) is 0.899. The fourth-order valence-corrected chi connectivity index (χ4v) is 2.07. The molecule has 0 bridgehead atoms. The van der Waals surface area contributed by atoms with Crippen molar-refractivity contribution in [2.24, 2.45) is 12.8 Å². The normalized spacial score (nSPS) is 11.1. The smallest absolute Gasteiger partial charge is 0.0866 e. The highest BCUT2D eigenvalue weighted by Gasteiger charge is 2.12. The monoisotopic (exact) mass is 253 g/mol. The van der Waals surface area contributed by atoms with Crippen molar-refractivity contribution < 1.29 is 0 Å². The van der Waals surface area contributed by atoms with Crippen LogP contribution >= 0.6 is 11.6 Å². The Hall–Kier alpha value is -1.33. The average molecular weight is 254 g/mol. The lowest BCUT2D eigenvalue weighted by atomic mass is 10.3. The molecule has 0 spiro atoms. The lowest BCUT2D eigenvalue weighted by molar-refractivity contribution is 0.615. The van der Waals surface area contributed by atoms with Gasteiger partial charge in [-0.15, -0.1) is 0 Å². The Morgan fingerprint density at radius 2 is 2.00 bits per heavy atom. The first-order valence-corrected chi connectivity index (χ1v) is 5.81. The molecule has 2 rings (SSSR count). The van der Waals surface area contributed by atoms with E-state index in [1.54, 1.807) is 4.68 Å². The SMILES string of the molecule is Cc1nn(Cc2c(Cl)c(C)nn2C)cc1CN. The summed E-state index contributed by atoms with van der Waals surface area (Å²) in [4.78, 5) is 0. The van der Waals surface area contributed by atoms with E-state index in [2.05, 4.69) is 10.2 Å². The van der Waals surface area contributed by atoms with Gasteiger partial charge in [-0.2, -0.15) is 10.2 Å². The van der Waals surface area contributed by atoms with E-state index >= 15 is 0 Å². The summed E-state index contributed by atoms with van der Waals surface area (Å²) < 4.78 is 3.64. The van der Waals surface area contributed by atoms with Crippen molar-refractivity contribution in [1.29, 1.82) is 0 Å². The van der Waals surface area contributed by atoms with E-state index in [9.17, 15) is 0 Å². The Balaban J connectivity index is 2.31. The van der Waals surface area contributed by atoms with E-state index in [1.807, 2.05) is 31.8 Å². The van der Waals surface area contributed by atoms with Gasteiger partial charge in [-0.1, -0.05) is 11.6 Å². The molecular weight excluding hydrogens is 238 g/mol. The Morgan fingerprint density at radius 3 is 2.47 bits per heavy atom. The molecule has 0 aliphatic heterocycles. The molecule has 0 saturated heterocycles. The van der Waals surface area contributed by atoms with Gasteiger partial charge in [-0.3, -0.25) is 9.36 Å². The van der Waals surface area contributed by atoms with Gasteiger partial charge in [0.25, 0.3) is 0 Å². The number of halogens is 1. The number of rotatable bonds is 3. The summed E-state index contributed by atoms with van der Waals surface area (Å²) in [6.07, 6.45) is 1.95. The van der Waals surface area contributed by atoms with Crippen molar-refractivity contribution in [1.82, 2.24) is 19.6 Å². The van der Waals surface area contributed by atoms with Gasteiger partial charge >= 0.3 is 0 Å². The molecule has 92 valence electrons. The molecule has 0 aromatic carbocycles. The van der Waals surface area contributed by atoms with Crippen molar-refractivity contribution in [2.45, 2.75) is 26.9 Å². The van der Waals surface area contributed by atoms with Crippen molar-refractivity contribution in [3.63, 3.8) is 0 Å². The number of aryl methyl sites for hydroxylation is 3. The van der Waals surface area contributed by atoms with Crippen molar-refractivity contribution in [3.05, 3.63) is 33.9 Å². The second-order valence-corrected chi connectivity index (χ2v) is 4.49. The maximum absolute atomic E-state index is 6.20. The van der Waals surface area contributed by atoms with Gasteiger partial charge in [-0.05, 0) is 13.8 Å². The van der Waals surface area contributed by atoms with Gasteiger partial charge in [0, 0.05) is 25.4 Å². The van der Waals surface area contributed by atoms with E-state index < -0.39 is 0 Å². The highest BCUT2D eigenvalue weighted by atomic mass is 35.5. The van der Waals surface area contributed by atoms with Crippen LogP contribution in [0.5, 0.6) is 0 Å². The first kappa shape index (κ1) is 12.1. The predicted octanol–water partition coefficient (Wildman–Crippen LogP) is 1.39. The zero-order valence-corrected chi connectivity index (χ0v) is 11.0. The molecule has 0 unspecified atom stereocenters. The summed E-state index contributed by atoms with van der Waals surface area (Å²) in [5, 5.41) is 9.38. The fraction of sp³-hybridized carbons (Fsp3) is 0.455. The minimum atomic E-state index is 0.504. The van der Waals surface area contributed by atoms with Gasteiger partial charge in [0.2, 0.25) is 0 Å². The van der Waals surface area contributed by atoms with Crippen LogP contribution in [0.15, 0.2) is 6.20 Å². The maximum Gasteiger partial charge on any atom is 0.0866 e. The van der Waals surface area contributed by atoms with Gasteiger partial charge in [-0.25, -0.2) is 0 Å². The Bertz CT molecular complexity index is 540. The van der Waals surface area contributed by atoms with Crippen LogP contribution in [0.3, 0.4) is 0 Å². The maximum atomic E-state index is 6.20. The molecule has 2 aromatic heterocycles. The molecule has 17 heavy (non-hydrogen) atoms. The molecule has 0 atom stereocenters. The highest BCUT2D eigenvalue weighted by molar-refractivity contribution is 6.31. The molecule has 6 heteroatoms. The minimum absolute atomic E-state index is 0.504. The van der Waals surface area contributed by atoms with Crippen LogP contribution in [-0.4, -0.2) is 19.6 Å². The predicted molar refractivity (Wildman–Crippen MR) is 66.9 cm³/mol. The third-order valence-corrected chi connectivity index (χ3v) is 3.33. The first-order chi connectivity index (χ1) is 8.02. The number of nitrogens with two attached hydrogens (primary N) is 1. The summed E-state index contributed by atoms with van der Waals surface area (Å²) in [5.74, 6) is 0. The molecule has 0 radical (unpaired) electrons.